The van der Waals surface area contributed by atoms with E-state index in [0.29, 0.717) is 23.0 Å². The second-order valence-electron chi connectivity index (χ2n) is 4.66. The van der Waals surface area contributed by atoms with Crippen molar-refractivity contribution in [3.05, 3.63) is 22.8 Å². The number of alkyl halides is 1. The fraction of sp³-hybridized carbons (Fsp3) is 0.615. The molecule has 0 amide bonds. The van der Waals surface area contributed by atoms with E-state index in [1.54, 1.807) is 6.20 Å². The lowest BCUT2D eigenvalue weighted by atomic mass is 10.1. The second kappa shape index (κ2) is 5.45. The van der Waals surface area contributed by atoms with Gasteiger partial charge in [-0.15, -0.1) is 11.6 Å². The molecule has 0 bridgehead atoms. The van der Waals surface area contributed by atoms with E-state index in [1.165, 1.54) is 12.8 Å². The molecule has 17 heavy (non-hydrogen) atoms. The third-order valence-electron chi connectivity index (χ3n) is 3.59. The molecule has 1 aromatic heterocycles. The summed E-state index contributed by atoms with van der Waals surface area (Å²) in [6.07, 6.45) is 5.36. The average molecular weight is 273 g/mol. The predicted octanol–water partition coefficient (Wildman–Crippen LogP) is 4.24. The molecule has 1 fully saturated rings. The van der Waals surface area contributed by atoms with Gasteiger partial charge in [0.2, 0.25) is 0 Å². The highest BCUT2D eigenvalue weighted by Crippen LogP contribution is 2.32. The first-order valence-electron chi connectivity index (χ1n) is 6.16. The molecule has 1 aliphatic heterocycles. The molecule has 2 rings (SSSR count). The Balaban J connectivity index is 2.32. The van der Waals surface area contributed by atoms with Gasteiger partial charge in [-0.1, -0.05) is 18.5 Å². The van der Waals surface area contributed by atoms with E-state index in [2.05, 4.69) is 23.7 Å². The number of aromatic nitrogens is 1. The zero-order valence-electron chi connectivity index (χ0n) is 10.3. The van der Waals surface area contributed by atoms with Gasteiger partial charge >= 0.3 is 0 Å². The molecule has 0 N–H and O–H groups in total. The number of rotatable bonds is 3. The minimum Gasteiger partial charge on any atom is -0.351 e. The molecular weight excluding hydrogens is 255 g/mol. The number of anilines is 1. The van der Waals surface area contributed by atoms with Crippen LogP contribution in [0.5, 0.6) is 0 Å². The fourth-order valence-electron chi connectivity index (χ4n) is 2.60. The zero-order valence-corrected chi connectivity index (χ0v) is 11.8. The van der Waals surface area contributed by atoms with Crippen LogP contribution < -0.4 is 4.90 Å². The third-order valence-corrected chi connectivity index (χ3v) is 4.21. The van der Waals surface area contributed by atoms with E-state index in [9.17, 15) is 0 Å². The molecule has 2 nitrogen and oxygen atoms in total. The maximum atomic E-state index is 6.04. The Hall–Kier alpha value is -0.470. The number of pyridine rings is 1. The first kappa shape index (κ1) is 13.0. The summed E-state index contributed by atoms with van der Waals surface area (Å²) >= 11 is 11.9. The van der Waals surface area contributed by atoms with Crippen molar-refractivity contribution >= 4 is 29.0 Å². The summed E-state index contributed by atoms with van der Waals surface area (Å²) in [6.45, 7) is 4.49. The Morgan fingerprint density at radius 2 is 2.24 bits per heavy atom. The van der Waals surface area contributed by atoms with Gasteiger partial charge < -0.3 is 4.90 Å². The summed E-state index contributed by atoms with van der Waals surface area (Å²) in [5, 5.41) is 0.656. The van der Waals surface area contributed by atoms with E-state index < -0.39 is 0 Å². The van der Waals surface area contributed by atoms with Crippen molar-refractivity contribution in [3.8, 4) is 0 Å². The highest BCUT2D eigenvalue weighted by molar-refractivity contribution is 6.32. The SMILES string of the molecule is CCC1CCC(C)N1c1cc(CCl)c(Cl)cn1. The summed E-state index contributed by atoms with van der Waals surface area (Å²) in [5.41, 5.74) is 0.965. The van der Waals surface area contributed by atoms with Crippen molar-refractivity contribution in [2.24, 2.45) is 0 Å². The van der Waals surface area contributed by atoms with Crippen LogP contribution in [-0.4, -0.2) is 17.1 Å². The number of halogens is 2. The van der Waals surface area contributed by atoms with Gasteiger partial charge in [0.15, 0.2) is 0 Å². The highest BCUT2D eigenvalue weighted by atomic mass is 35.5. The largest absolute Gasteiger partial charge is 0.351 e. The molecule has 2 unspecified atom stereocenters. The lowest BCUT2D eigenvalue weighted by Crippen LogP contribution is -2.34. The minimum atomic E-state index is 0.438. The number of hydrogen-bond donors (Lipinski definition) is 0. The monoisotopic (exact) mass is 272 g/mol. The molecule has 2 heterocycles. The van der Waals surface area contributed by atoms with Crippen molar-refractivity contribution in [1.82, 2.24) is 4.98 Å². The van der Waals surface area contributed by atoms with Crippen LogP contribution in [0.4, 0.5) is 5.82 Å². The normalized spacial score (nSPS) is 24.4. The van der Waals surface area contributed by atoms with Crippen LogP contribution >= 0.6 is 23.2 Å². The van der Waals surface area contributed by atoms with Crippen molar-refractivity contribution < 1.29 is 0 Å². The van der Waals surface area contributed by atoms with Gasteiger partial charge in [-0.05, 0) is 37.8 Å². The minimum absolute atomic E-state index is 0.438. The summed E-state index contributed by atoms with van der Waals surface area (Å²) in [4.78, 5) is 6.86. The van der Waals surface area contributed by atoms with E-state index in [-0.39, 0.29) is 0 Å². The van der Waals surface area contributed by atoms with E-state index >= 15 is 0 Å². The van der Waals surface area contributed by atoms with Gasteiger partial charge in [0, 0.05) is 24.2 Å². The van der Waals surface area contributed by atoms with Crippen LogP contribution in [0.25, 0.3) is 0 Å². The molecular formula is C13H18Cl2N2. The van der Waals surface area contributed by atoms with Gasteiger partial charge in [-0.25, -0.2) is 4.98 Å². The highest BCUT2D eigenvalue weighted by Gasteiger charge is 2.30. The Bertz CT molecular complexity index is 395. The van der Waals surface area contributed by atoms with Crippen LogP contribution in [0, 0.1) is 0 Å². The molecule has 1 aromatic rings. The van der Waals surface area contributed by atoms with Gasteiger partial charge in [-0.2, -0.15) is 0 Å². The topological polar surface area (TPSA) is 16.1 Å². The van der Waals surface area contributed by atoms with Crippen molar-refractivity contribution in [3.63, 3.8) is 0 Å². The van der Waals surface area contributed by atoms with Crippen LogP contribution in [0.1, 0.15) is 38.7 Å². The smallest absolute Gasteiger partial charge is 0.129 e. The Morgan fingerprint density at radius 1 is 1.47 bits per heavy atom. The van der Waals surface area contributed by atoms with Crippen molar-refractivity contribution in [2.75, 3.05) is 4.90 Å². The molecule has 0 aromatic carbocycles. The van der Waals surface area contributed by atoms with Crippen LogP contribution in [0.3, 0.4) is 0 Å². The van der Waals surface area contributed by atoms with Gasteiger partial charge in [-0.3, -0.25) is 0 Å². The third kappa shape index (κ3) is 2.53. The summed E-state index contributed by atoms with van der Waals surface area (Å²) in [7, 11) is 0. The van der Waals surface area contributed by atoms with Crippen LogP contribution in [-0.2, 0) is 5.88 Å². The first-order valence-corrected chi connectivity index (χ1v) is 7.07. The van der Waals surface area contributed by atoms with Gasteiger partial charge in [0.05, 0.1) is 5.02 Å². The maximum Gasteiger partial charge on any atom is 0.129 e. The van der Waals surface area contributed by atoms with Crippen molar-refractivity contribution in [1.29, 1.82) is 0 Å². The standard InChI is InChI=1S/C13H18Cl2N2/c1-3-11-5-4-9(2)17(11)13-6-10(7-14)12(15)8-16-13/h6,8-9,11H,3-5,7H2,1-2H3. The van der Waals surface area contributed by atoms with Crippen molar-refractivity contribution in [2.45, 2.75) is 51.1 Å². The predicted molar refractivity (Wildman–Crippen MR) is 74.1 cm³/mol. The molecule has 1 saturated heterocycles. The Labute approximate surface area is 113 Å². The molecule has 0 spiro atoms. The molecule has 0 saturated carbocycles. The number of nitrogens with zero attached hydrogens (tertiary/aromatic N) is 2. The molecule has 2 atom stereocenters. The second-order valence-corrected chi connectivity index (χ2v) is 5.34. The molecule has 94 valence electrons. The molecule has 1 aliphatic rings. The van der Waals surface area contributed by atoms with Crippen LogP contribution in [0.15, 0.2) is 12.3 Å². The first-order chi connectivity index (χ1) is 8.17. The van der Waals surface area contributed by atoms with E-state index in [0.717, 1.165) is 17.8 Å². The summed E-state index contributed by atoms with van der Waals surface area (Å²) in [5.74, 6) is 1.45. The Morgan fingerprint density at radius 3 is 2.88 bits per heavy atom. The molecule has 4 heteroatoms. The van der Waals surface area contributed by atoms with E-state index in [4.69, 9.17) is 23.2 Å². The number of hydrogen-bond acceptors (Lipinski definition) is 2. The zero-order chi connectivity index (χ0) is 12.4. The van der Waals surface area contributed by atoms with Gasteiger partial charge in [0.25, 0.3) is 0 Å². The summed E-state index contributed by atoms with van der Waals surface area (Å²) in [6, 6.07) is 3.18. The molecule has 0 aliphatic carbocycles. The van der Waals surface area contributed by atoms with E-state index in [1.807, 2.05) is 6.07 Å². The van der Waals surface area contributed by atoms with Gasteiger partial charge in [0.1, 0.15) is 5.82 Å². The quantitative estimate of drug-likeness (QED) is 0.766. The lowest BCUT2D eigenvalue weighted by Gasteiger charge is -2.29. The lowest BCUT2D eigenvalue weighted by molar-refractivity contribution is 0.621. The maximum absolute atomic E-state index is 6.04. The fourth-order valence-corrected chi connectivity index (χ4v) is 3.06. The summed E-state index contributed by atoms with van der Waals surface area (Å²) < 4.78 is 0. The molecule has 0 radical (unpaired) electrons. The Kier molecular flexibility index (Phi) is 4.16. The van der Waals surface area contributed by atoms with Crippen LogP contribution in [0.2, 0.25) is 5.02 Å². The average Bonchev–Trinajstić information content (AvgIpc) is 2.71.